The van der Waals surface area contributed by atoms with Crippen molar-refractivity contribution >= 4 is 5.91 Å². The van der Waals surface area contributed by atoms with Gasteiger partial charge >= 0.3 is 0 Å². The van der Waals surface area contributed by atoms with Gasteiger partial charge in [0.05, 0.1) is 5.41 Å². The van der Waals surface area contributed by atoms with Gasteiger partial charge in [0.15, 0.2) is 0 Å². The molecule has 2 fully saturated rings. The molecule has 2 aliphatic rings. The summed E-state index contributed by atoms with van der Waals surface area (Å²) in [7, 11) is 0. The van der Waals surface area contributed by atoms with Crippen LogP contribution in [0.1, 0.15) is 38.9 Å². The molecule has 0 aromatic carbocycles. The van der Waals surface area contributed by atoms with Gasteiger partial charge in [-0.2, -0.15) is 0 Å². The van der Waals surface area contributed by atoms with E-state index in [-0.39, 0.29) is 5.41 Å². The number of aromatic nitrogens is 2. The van der Waals surface area contributed by atoms with E-state index >= 15 is 0 Å². The largest absolute Gasteiger partial charge is 0.340 e. The fourth-order valence-electron chi connectivity index (χ4n) is 4.01. The summed E-state index contributed by atoms with van der Waals surface area (Å²) in [6, 6.07) is 0.326. The van der Waals surface area contributed by atoms with Crippen molar-refractivity contribution in [3.63, 3.8) is 0 Å². The lowest BCUT2D eigenvalue weighted by Gasteiger charge is -2.41. The third-order valence-electron chi connectivity index (χ3n) is 5.41. The molecule has 1 amide bonds. The van der Waals surface area contributed by atoms with Gasteiger partial charge in [0.1, 0.15) is 5.82 Å². The molecular formula is C17H28N4O. The van der Waals surface area contributed by atoms with Gasteiger partial charge in [-0.3, -0.25) is 4.79 Å². The Balaban J connectivity index is 1.61. The molecule has 0 radical (unpaired) electrons. The van der Waals surface area contributed by atoms with Crippen LogP contribution in [0.4, 0.5) is 0 Å². The highest BCUT2D eigenvalue weighted by atomic mass is 16.2. The maximum atomic E-state index is 12.9. The monoisotopic (exact) mass is 304 g/mol. The molecule has 3 heterocycles. The summed E-state index contributed by atoms with van der Waals surface area (Å²) in [6.07, 6.45) is 7.13. The Labute approximate surface area is 133 Å². The fraction of sp³-hybridized carbons (Fsp3) is 0.765. The molecule has 2 saturated heterocycles. The Bertz CT molecular complexity index is 539. The lowest BCUT2D eigenvalue weighted by molar-refractivity contribution is -0.147. The number of nitrogens with zero attached hydrogens (tertiary/aromatic N) is 4. The summed E-state index contributed by atoms with van der Waals surface area (Å²) >= 11 is 0. The van der Waals surface area contributed by atoms with E-state index in [1.807, 2.05) is 19.3 Å². The second-order valence-electron chi connectivity index (χ2n) is 7.17. The maximum absolute atomic E-state index is 12.9. The minimum atomic E-state index is -0.105. The maximum Gasteiger partial charge on any atom is 0.230 e. The Morgan fingerprint density at radius 1 is 1.27 bits per heavy atom. The third-order valence-corrected chi connectivity index (χ3v) is 5.41. The number of hydrogen-bond acceptors (Lipinski definition) is 3. The zero-order chi connectivity index (χ0) is 15.7. The van der Waals surface area contributed by atoms with E-state index in [4.69, 9.17) is 0 Å². The lowest BCUT2D eigenvalue weighted by Crippen LogP contribution is -2.52. The predicted octanol–water partition coefficient (Wildman–Crippen LogP) is 1.91. The summed E-state index contributed by atoms with van der Waals surface area (Å²) < 4.78 is 2.19. The molecule has 0 bridgehead atoms. The van der Waals surface area contributed by atoms with Crippen LogP contribution in [0.25, 0.3) is 0 Å². The Morgan fingerprint density at radius 2 is 2.09 bits per heavy atom. The minimum absolute atomic E-state index is 0.105. The van der Waals surface area contributed by atoms with E-state index < -0.39 is 0 Å². The van der Waals surface area contributed by atoms with Crippen molar-refractivity contribution < 1.29 is 4.79 Å². The standard InChI is InChI=1S/C17H28N4O/c1-14(2)21-8-4-5-17(16(21)22)6-9-19(13-17)11-12-20-10-7-18-15(20)3/h7,10,14H,4-6,8-9,11-13H2,1-3H3/t17-/m1/s1. The number of rotatable bonds is 4. The molecule has 2 aliphatic heterocycles. The molecule has 0 unspecified atom stereocenters. The number of aryl methyl sites for hydroxylation is 1. The number of imidazole rings is 1. The molecule has 5 nitrogen and oxygen atoms in total. The molecular weight excluding hydrogens is 276 g/mol. The molecule has 1 atom stereocenters. The van der Waals surface area contributed by atoms with Crippen molar-refractivity contribution in [2.75, 3.05) is 26.2 Å². The summed E-state index contributed by atoms with van der Waals surface area (Å²) in [5.74, 6) is 1.46. The van der Waals surface area contributed by atoms with Gasteiger partial charge in [-0.05, 0) is 46.6 Å². The van der Waals surface area contributed by atoms with Crippen molar-refractivity contribution in [3.05, 3.63) is 18.2 Å². The van der Waals surface area contributed by atoms with Crippen LogP contribution in [0.5, 0.6) is 0 Å². The van der Waals surface area contributed by atoms with Crippen molar-refractivity contribution in [2.24, 2.45) is 5.41 Å². The number of piperidine rings is 1. The van der Waals surface area contributed by atoms with Crippen molar-refractivity contribution in [1.29, 1.82) is 0 Å². The summed E-state index contributed by atoms with van der Waals surface area (Å²) in [5, 5.41) is 0. The molecule has 1 aromatic rings. The van der Waals surface area contributed by atoms with Crippen LogP contribution in [0.3, 0.4) is 0 Å². The Hall–Kier alpha value is -1.36. The first-order valence-corrected chi connectivity index (χ1v) is 8.53. The first-order valence-electron chi connectivity index (χ1n) is 8.53. The number of amides is 1. The minimum Gasteiger partial charge on any atom is -0.340 e. The fourth-order valence-corrected chi connectivity index (χ4v) is 4.01. The SMILES string of the molecule is Cc1nccn1CCN1CC[C@]2(CCCN(C(C)C)C2=O)C1. The van der Waals surface area contributed by atoms with E-state index in [1.54, 1.807) is 0 Å². The highest BCUT2D eigenvalue weighted by molar-refractivity contribution is 5.84. The number of carbonyl (C=O) groups excluding carboxylic acids is 1. The first-order chi connectivity index (χ1) is 10.5. The van der Waals surface area contributed by atoms with Crippen LogP contribution in [-0.2, 0) is 11.3 Å². The van der Waals surface area contributed by atoms with E-state index in [0.29, 0.717) is 11.9 Å². The molecule has 3 rings (SSSR count). The molecule has 0 aliphatic carbocycles. The van der Waals surface area contributed by atoms with Gasteiger partial charge in [0.2, 0.25) is 5.91 Å². The molecule has 5 heteroatoms. The zero-order valence-corrected chi connectivity index (χ0v) is 14.1. The molecule has 22 heavy (non-hydrogen) atoms. The average molecular weight is 304 g/mol. The molecule has 1 spiro atoms. The predicted molar refractivity (Wildman–Crippen MR) is 86.5 cm³/mol. The summed E-state index contributed by atoms with van der Waals surface area (Å²) in [4.78, 5) is 21.7. The zero-order valence-electron chi connectivity index (χ0n) is 14.1. The van der Waals surface area contributed by atoms with E-state index in [0.717, 1.165) is 57.8 Å². The van der Waals surface area contributed by atoms with Gasteiger partial charge in [-0.1, -0.05) is 0 Å². The van der Waals surface area contributed by atoms with E-state index in [9.17, 15) is 4.79 Å². The molecule has 1 aromatic heterocycles. The van der Waals surface area contributed by atoms with Crippen LogP contribution >= 0.6 is 0 Å². The van der Waals surface area contributed by atoms with Gasteiger partial charge < -0.3 is 14.4 Å². The van der Waals surface area contributed by atoms with E-state index in [1.165, 1.54) is 0 Å². The van der Waals surface area contributed by atoms with Crippen molar-refractivity contribution in [3.8, 4) is 0 Å². The summed E-state index contributed by atoms with van der Waals surface area (Å²) in [6.45, 7) is 11.2. The number of likely N-dealkylation sites (tertiary alicyclic amines) is 2. The Morgan fingerprint density at radius 3 is 2.77 bits per heavy atom. The smallest absolute Gasteiger partial charge is 0.230 e. The Kier molecular flexibility index (Phi) is 4.26. The van der Waals surface area contributed by atoms with Crippen LogP contribution < -0.4 is 0 Å². The van der Waals surface area contributed by atoms with Gasteiger partial charge in [0.25, 0.3) is 0 Å². The van der Waals surface area contributed by atoms with Crippen LogP contribution in [0.2, 0.25) is 0 Å². The number of carbonyl (C=O) groups is 1. The number of hydrogen-bond donors (Lipinski definition) is 0. The van der Waals surface area contributed by atoms with Crippen molar-refractivity contribution in [2.45, 2.75) is 52.6 Å². The molecule has 0 saturated carbocycles. The lowest BCUT2D eigenvalue weighted by atomic mass is 9.78. The van der Waals surface area contributed by atoms with Crippen molar-refractivity contribution in [1.82, 2.24) is 19.4 Å². The van der Waals surface area contributed by atoms with Crippen LogP contribution in [0.15, 0.2) is 12.4 Å². The highest BCUT2D eigenvalue weighted by Crippen LogP contribution is 2.40. The third kappa shape index (κ3) is 2.78. The second kappa shape index (κ2) is 6.03. The van der Waals surface area contributed by atoms with E-state index in [2.05, 4.69) is 33.2 Å². The van der Waals surface area contributed by atoms with Crippen LogP contribution in [-0.4, -0.2) is 57.5 Å². The quantitative estimate of drug-likeness (QED) is 0.853. The van der Waals surface area contributed by atoms with Gasteiger partial charge in [0, 0.05) is 44.6 Å². The normalized spacial score (nSPS) is 26.5. The first kappa shape index (κ1) is 15.5. The van der Waals surface area contributed by atoms with Crippen LogP contribution in [0, 0.1) is 12.3 Å². The highest BCUT2D eigenvalue weighted by Gasteiger charge is 2.48. The average Bonchev–Trinajstić information content (AvgIpc) is 3.07. The second-order valence-corrected chi connectivity index (χ2v) is 7.17. The van der Waals surface area contributed by atoms with Gasteiger partial charge in [-0.15, -0.1) is 0 Å². The topological polar surface area (TPSA) is 41.4 Å². The van der Waals surface area contributed by atoms with Gasteiger partial charge in [-0.25, -0.2) is 4.98 Å². The molecule has 0 N–H and O–H groups in total. The molecule has 122 valence electrons. The summed E-state index contributed by atoms with van der Waals surface area (Å²) in [5.41, 5.74) is -0.105.